The number of rotatable bonds is 5. The second kappa shape index (κ2) is 7.24. The third kappa shape index (κ3) is 4.32. The number of nitrogens with zero attached hydrogens (tertiary/aromatic N) is 2. The van der Waals surface area contributed by atoms with E-state index in [-0.39, 0.29) is 21.7 Å². The highest BCUT2D eigenvalue weighted by molar-refractivity contribution is 6.74. The van der Waals surface area contributed by atoms with Crippen molar-refractivity contribution in [3.05, 3.63) is 28.4 Å². The van der Waals surface area contributed by atoms with E-state index in [0.717, 1.165) is 36.6 Å². The fourth-order valence-corrected chi connectivity index (χ4v) is 4.81. The van der Waals surface area contributed by atoms with Crippen molar-refractivity contribution in [3.8, 4) is 0 Å². The summed E-state index contributed by atoms with van der Waals surface area (Å²) < 4.78 is 6.54. The highest BCUT2D eigenvalue weighted by Gasteiger charge is 2.39. The van der Waals surface area contributed by atoms with Crippen LogP contribution in [0.1, 0.15) is 46.5 Å². The van der Waals surface area contributed by atoms with Gasteiger partial charge in [-0.1, -0.05) is 20.8 Å². The molecule has 1 aromatic heterocycles. The van der Waals surface area contributed by atoms with E-state index in [1.165, 1.54) is 0 Å². The Bertz CT molecular complexity index is 820. The summed E-state index contributed by atoms with van der Waals surface area (Å²) in [4.78, 5) is 11.1. The van der Waals surface area contributed by atoms with E-state index in [2.05, 4.69) is 49.4 Å². The van der Waals surface area contributed by atoms with Crippen molar-refractivity contribution in [2.75, 3.05) is 5.32 Å². The molecule has 1 aliphatic rings. The molecule has 1 aliphatic carbocycles. The van der Waals surface area contributed by atoms with E-state index in [1.54, 1.807) is 18.3 Å². The van der Waals surface area contributed by atoms with Gasteiger partial charge in [-0.05, 0) is 49.9 Å². The SMILES string of the molecule is CC(C)(C)[Si](C)(C)OC1CCC(Nc2cc3[nH]ncc3cc2[N+](=O)[O-])CC1. The molecule has 2 N–H and O–H groups in total. The van der Waals surface area contributed by atoms with Gasteiger partial charge in [-0.3, -0.25) is 15.2 Å². The molecule has 0 atom stereocenters. The maximum Gasteiger partial charge on any atom is 0.293 e. The number of nitro groups is 1. The van der Waals surface area contributed by atoms with E-state index in [4.69, 9.17) is 4.43 Å². The highest BCUT2D eigenvalue weighted by atomic mass is 28.4. The minimum Gasteiger partial charge on any atom is -0.414 e. The molecule has 0 amide bonds. The number of nitrogens with one attached hydrogen (secondary N) is 2. The Kier molecular flexibility index (Phi) is 5.31. The van der Waals surface area contributed by atoms with Crippen molar-refractivity contribution in [2.45, 2.75) is 76.7 Å². The van der Waals surface area contributed by atoms with E-state index >= 15 is 0 Å². The zero-order valence-electron chi connectivity index (χ0n) is 16.8. The molecule has 3 rings (SSSR count). The average molecular weight is 391 g/mol. The van der Waals surface area contributed by atoms with Gasteiger partial charge in [0.25, 0.3) is 5.69 Å². The fraction of sp³-hybridized carbons (Fsp3) is 0.632. The van der Waals surface area contributed by atoms with E-state index in [9.17, 15) is 10.1 Å². The summed E-state index contributed by atoms with van der Waals surface area (Å²) in [7, 11) is -1.76. The van der Waals surface area contributed by atoms with Crippen molar-refractivity contribution < 1.29 is 9.35 Å². The number of H-pyrrole nitrogens is 1. The summed E-state index contributed by atoms with van der Waals surface area (Å²) in [6.07, 6.45) is 5.80. The van der Waals surface area contributed by atoms with Crippen LogP contribution in [-0.2, 0) is 4.43 Å². The molecule has 1 saturated carbocycles. The Morgan fingerprint density at radius 3 is 2.52 bits per heavy atom. The molecule has 2 aromatic rings. The number of aromatic amines is 1. The molecule has 0 spiro atoms. The molecular formula is C19H30N4O3Si. The van der Waals surface area contributed by atoms with Crippen LogP contribution in [-0.4, -0.2) is 35.6 Å². The summed E-state index contributed by atoms with van der Waals surface area (Å²) in [5, 5.41) is 22.7. The lowest BCUT2D eigenvalue weighted by atomic mass is 9.93. The van der Waals surface area contributed by atoms with Crippen LogP contribution in [0.3, 0.4) is 0 Å². The zero-order valence-corrected chi connectivity index (χ0v) is 17.8. The van der Waals surface area contributed by atoms with E-state index < -0.39 is 8.32 Å². The van der Waals surface area contributed by atoms with E-state index in [0.29, 0.717) is 11.8 Å². The third-order valence-corrected chi connectivity index (χ3v) is 10.6. The van der Waals surface area contributed by atoms with Crippen molar-refractivity contribution in [3.63, 3.8) is 0 Å². The molecule has 0 radical (unpaired) electrons. The Morgan fingerprint density at radius 1 is 1.26 bits per heavy atom. The minimum absolute atomic E-state index is 0.101. The monoisotopic (exact) mass is 390 g/mol. The van der Waals surface area contributed by atoms with Crippen molar-refractivity contribution in [1.82, 2.24) is 10.2 Å². The van der Waals surface area contributed by atoms with Crippen LogP contribution in [0.2, 0.25) is 18.1 Å². The van der Waals surface area contributed by atoms with Gasteiger partial charge < -0.3 is 9.74 Å². The average Bonchev–Trinajstić information content (AvgIpc) is 3.02. The molecule has 148 valence electrons. The van der Waals surface area contributed by atoms with Gasteiger partial charge in [0.15, 0.2) is 8.32 Å². The lowest BCUT2D eigenvalue weighted by Crippen LogP contribution is -2.45. The summed E-state index contributed by atoms with van der Waals surface area (Å²) >= 11 is 0. The number of anilines is 1. The van der Waals surface area contributed by atoms with Gasteiger partial charge in [-0.2, -0.15) is 5.10 Å². The van der Waals surface area contributed by atoms with Gasteiger partial charge in [0.1, 0.15) is 5.69 Å². The van der Waals surface area contributed by atoms with Gasteiger partial charge in [0, 0.05) is 23.6 Å². The first kappa shape index (κ1) is 19.8. The van der Waals surface area contributed by atoms with Gasteiger partial charge in [0.05, 0.1) is 16.6 Å². The molecular weight excluding hydrogens is 360 g/mol. The van der Waals surface area contributed by atoms with Crippen molar-refractivity contribution in [2.24, 2.45) is 0 Å². The minimum atomic E-state index is -1.76. The van der Waals surface area contributed by atoms with Crippen LogP contribution in [0.15, 0.2) is 18.3 Å². The molecule has 0 aliphatic heterocycles. The van der Waals surface area contributed by atoms with Gasteiger partial charge in [-0.25, -0.2) is 0 Å². The Hall–Kier alpha value is -1.93. The van der Waals surface area contributed by atoms with Crippen molar-refractivity contribution >= 4 is 30.6 Å². The molecule has 27 heavy (non-hydrogen) atoms. The molecule has 1 fully saturated rings. The lowest BCUT2D eigenvalue weighted by Gasteiger charge is -2.41. The summed E-state index contributed by atoms with van der Waals surface area (Å²) in [5.41, 5.74) is 1.46. The number of aromatic nitrogens is 2. The lowest BCUT2D eigenvalue weighted by molar-refractivity contribution is -0.383. The van der Waals surface area contributed by atoms with Gasteiger partial charge in [-0.15, -0.1) is 0 Å². The zero-order chi connectivity index (χ0) is 19.8. The predicted molar refractivity (Wildman–Crippen MR) is 111 cm³/mol. The Balaban J connectivity index is 1.65. The smallest absolute Gasteiger partial charge is 0.293 e. The molecule has 0 unspecified atom stereocenters. The topological polar surface area (TPSA) is 93.1 Å². The first-order valence-corrected chi connectivity index (χ1v) is 12.5. The van der Waals surface area contributed by atoms with Crippen LogP contribution in [0, 0.1) is 10.1 Å². The standard InChI is InChI=1S/C19H30N4O3Si/c1-19(2,3)27(4,5)26-15-8-6-14(7-9-15)21-17-11-16-13(12-20-22-16)10-18(17)23(24)25/h10-12,14-15,21H,6-9H2,1-5H3,(H,20,22). The van der Waals surface area contributed by atoms with Crippen molar-refractivity contribution in [1.29, 1.82) is 0 Å². The summed E-state index contributed by atoms with van der Waals surface area (Å²) in [6.45, 7) is 11.4. The molecule has 7 nitrogen and oxygen atoms in total. The second-order valence-electron chi connectivity index (χ2n) is 9.08. The maximum atomic E-state index is 11.5. The summed E-state index contributed by atoms with van der Waals surface area (Å²) in [5.74, 6) is 0. The molecule has 0 bridgehead atoms. The van der Waals surface area contributed by atoms with Crippen LogP contribution in [0.25, 0.3) is 10.9 Å². The maximum absolute atomic E-state index is 11.5. The van der Waals surface area contributed by atoms with Gasteiger partial charge in [0.2, 0.25) is 0 Å². The Morgan fingerprint density at radius 2 is 1.93 bits per heavy atom. The number of fused-ring (bicyclic) bond motifs is 1. The van der Waals surface area contributed by atoms with Crippen LogP contribution < -0.4 is 5.32 Å². The number of nitro benzene ring substituents is 1. The van der Waals surface area contributed by atoms with E-state index in [1.807, 2.05) is 0 Å². The number of hydrogen-bond acceptors (Lipinski definition) is 5. The molecule has 8 heteroatoms. The van der Waals surface area contributed by atoms with Crippen LogP contribution >= 0.6 is 0 Å². The molecule has 0 saturated heterocycles. The van der Waals surface area contributed by atoms with Crippen LogP contribution in [0.5, 0.6) is 0 Å². The first-order valence-electron chi connectivity index (χ1n) is 9.63. The van der Waals surface area contributed by atoms with Crippen LogP contribution in [0.4, 0.5) is 11.4 Å². The highest BCUT2D eigenvalue weighted by Crippen LogP contribution is 2.39. The second-order valence-corrected chi connectivity index (χ2v) is 13.8. The summed E-state index contributed by atoms with van der Waals surface area (Å²) in [6, 6.07) is 3.59. The predicted octanol–water partition coefficient (Wildman–Crippen LogP) is 5.22. The Labute approximate surface area is 161 Å². The number of hydrogen-bond donors (Lipinski definition) is 2. The normalized spacial score (nSPS) is 21.4. The molecule has 1 heterocycles. The first-order chi connectivity index (χ1) is 12.6. The quantitative estimate of drug-likeness (QED) is 0.415. The molecule has 1 aromatic carbocycles. The largest absolute Gasteiger partial charge is 0.414 e. The fourth-order valence-electron chi connectivity index (χ4n) is 3.38. The van der Waals surface area contributed by atoms with Gasteiger partial charge >= 0.3 is 0 Å². The number of benzene rings is 1. The third-order valence-electron chi connectivity index (χ3n) is 6.05.